The molecule has 4 rings (SSSR count). The van der Waals surface area contributed by atoms with Crippen LogP contribution in [0.4, 0.5) is 5.69 Å². The molecular formula is C30H35N5O3. The van der Waals surface area contributed by atoms with Gasteiger partial charge in [0.15, 0.2) is 0 Å². The number of pyridine rings is 1. The third-order valence-corrected chi connectivity index (χ3v) is 6.78. The van der Waals surface area contributed by atoms with Gasteiger partial charge in [-0.15, -0.1) is 0 Å². The van der Waals surface area contributed by atoms with Crippen LogP contribution in [0.2, 0.25) is 0 Å². The number of amidine groups is 1. The molecular weight excluding hydrogens is 478 g/mol. The van der Waals surface area contributed by atoms with Crippen molar-refractivity contribution in [3.8, 4) is 11.1 Å². The van der Waals surface area contributed by atoms with E-state index in [4.69, 9.17) is 5.73 Å². The van der Waals surface area contributed by atoms with E-state index in [1.54, 1.807) is 13.1 Å². The summed E-state index contributed by atoms with van der Waals surface area (Å²) in [4.78, 5) is 44.7. The fraction of sp³-hybridized carbons (Fsp3) is 0.333. The Morgan fingerprint density at radius 2 is 1.74 bits per heavy atom. The van der Waals surface area contributed by atoms with Crippen LogP contribution < -0.4 is 16.6 Å². The highest BCUT2D eigenvalue weighted by Gasteiger charge is 2.21. The summed E-state index contributed by atoms with van der Waals surface area (Å²) in [5, 5.41) is 3.91. The van der Waals surface area contributed by atoms with Crippen molar-refractivity contribution in [2.24, 2.45) is 10.7 Å². The number of aryl methyl sites for hydroxylation is 1. The molecule has 0 aliphatic carbocycles. The maximum Gasteiger partial charge on any atom is 0.259 e. The zero-order valence-electron chi connectivity index (χ0n) is 22.5. The second-order valence-corrected chi connectivity index (χ2v) is 9.67. The zero-order valence-corrected chi connectivity index (χ0v) is 22.5. The lowest BCUT2D eigenvalue weighted by Gasteiger charge is -2.22. The van der Waals surface area contributed by atoms with E-state index in [-0.39, 0.29) is 23.9 Å². The Labute approximate surface area is 222 Å². The molecule has 8 nitrogen and oxygen atoms in total. The van der Waals surface area contributed by atoms with Crippen LogP contribution in [0.25, 0.3) is 28.0 Å². The Kier molecular flexibility index (Phi) is 8.10. The largest absolute Gasteiger partial charge is 0.387 e. The summed E-state index contributed by atoms with van der Waals surface area (Å²) in [5.74, 6) is 0.188. The van der Waals surface area contributed by atoms with Gasteiger partial charge in [0, 0.05) is 48.8 Å². The summed E-state index contributed by atoms with van der Waals surface area (Å²) >= 11 is 0. The minimum absolute atomic E-state index is 0.00995. The number of carbonyl (C=O) groups excluding carboxylic acids is 2. The van der Waals surface area contributed by atoms with Gasteiger partial charge in [0.25, 0.3) is 5.56 Å². The van der Waals surface area contributed by atoms with E-state index in [9.17, 15) is 14.4 Å². The summed E-state index contributed by atoms with van der Waals surface area (Å²) in [7, 11) is 1.55. The van der Waals surface area contributed by atoms with E-state index >= 15 is 0 Å². The van der Waals surface area contributed by atoms with Gasteiger partial charge in [0.05, 0.1) is 5.69 Å². The summed E-state index contributed by atoms with van der Waals surface area (Å²) < 4.78 is 1.48. The number of rotatable bonds is 8. The lowest BCUT2D eigenvalue weighted by molar-refractivity contribution is -0.127. The first kappa shape index (κ1) is 26.9. The average molecular weight is 514 g/mol. The summed E-state index contributed by atoms with van der Waals surface area (Å²) in [5.41, 5.74) is 10.8. The van der Waals surface area contributed by atoms with Gasteiger partial charge < -0.3 is 20.5 Å². The van der Waals surface area contributed by atoms with Crippen LogP contribution in [-0.2, 0) is 16.1 Å². The van der Waals surface area contributed by atoms with Gasteiger partial charge in [-0.2, -0.15) is 0 Å². The first-order valence-electron chi connectivity index (χ1n) is 13.1. The van der Waals surface area contributed by atoms with Crippen molar-refractivity contribution in [1.29, 1.82) is 0 Å². The normalized spacial score (nSPS) is 12.8. The maximum atomic E-state index is 13.3. The number of hydrogen-bond donors (Lipinski definition) is 2. The molecule has 0 unspecified atom stereocenters. The van der Waals surface area contributed by atoms with Crippen molar-refractivity contribution in [2.45, 2.75) is 46.6 Å². The molecule has 1 aromatic heterocycles. The number of likely N-dealkylation sites (N-methyl/N-ethyl adjacent to an activating group) is 1. The van der Waals surface area contributed by atoms with Crippen molar-refractivity contribution >= 4 is 40.2 Å². The summed E-state index contributed by atoms with van der Waals surface area (Å²) in [6.07, 6.45) is 4.01. The van der Waals surface area contributed by atoms with Crippen molar-refractivity contribution < 1.29 is 9.59 Å². The van der Waals surface area contributed by atoms with Crippen molar-refractivity contribution in [3.63, 3.8) is 0 Å². The summed E-state index contributed by atoms with van der Waals surface area (Å²) in [6, 6.07) is 13.5. The predicted molar refractivity (Wildman–Crippen MR) is 153 cm³/mol. The number of nitrogens with one attached hydrogen (secondary N) is 1. The van der Waals surface area contributed by atoms with E-state index in [2.05, 4.69) is 24.2 Å². The van der Waals surface area contributed by atoms with E-state index in [1.165, 1.54) is 4.57 Å². The van der Waals surface area contributed by atoms with E-state index in [0.29, 0.717) is 47.7 Å². The smallest absolute Gasteiger partial charge is 0.259 e. The van der Waals surface area contributed by atoms with Crippen molar-refractivity contribution in [3.05, 3.63) is 69.6 Å². The third kappa shape index (κ3) is 5.54. The van der Waals surface area contributed by atoms with Crippen LogP contribution >= 0.6 is 0 Å². The molecule has 1 aliphatic rings. The number of amides is 2. The minimum atomic E-state index is -0.224. The Hall–Kier alpha value is -4.20. The van der Waals surface area contributed by atoms with Crippen molar-refractivity contribution in [2.75, 3.05) is 20.1 Å². The molecule has 0 atom stereocenters. The molecule has 0 saturated heterocycles. The number of aromatic nitrogens is 1. The number of carbonyl (C=O) groups is 2. The number of nitrogens with zero attached hydrogens (tertiary/aromatic N) is 3. The number of benzene rings is 2. The first-order chi connectivity index (χ1) is 18.2. The molecule has 2 heterocycles. The van der Waals surface area contributed by atoms with Gasteiger partial charge in [-0.25, -0.2) is 4.99 Å². The zero-order chi connectivity index (χ0) is 27.4. The molecule has 8 heteroatoms. The Morgan fingerprint density at radius 1 is 1.05 bits per heavy atom. The molecule has 0 saturated carbocycles. The molecule has 0 bridgehead atoms. The lowest BCUT2D eigenvalue weighted by Crippen LogP contribution is -2.34. The molecule has 3 aromatic rings. The highest BCUT2D eigenvalue weighted by Crippen LogP contribution is 2.33. The van der Waals surface area contributed by atoms with Crippen molar-refractivity contribution in [1.82, 2.24) is 14.8 Å². The van der Waals surface area contributed by atoms with Crippen LogP contribution in [0.1, 0.15) is 44.4 Å². The van der Waals surface area contributed by atoms with E-state index in [1.807, 2.05) is 54.3 Å². The van der Waals surface area contributed by atoms with Crippen LogP contribution in [-0.4, -0.2) is 47.3 Å². The van der Waals surface area contributed by atoms with Gasteiger partial charge in [-0.1, -0.05) is 32.0 Å². The quantitative estimate of drug-likeness (QED) is 0.472. The van der Waals surface area contributed by atoms with Gasteiger partial charge >= 0.3 is 0 Å². The SMILES string of the molecule is CCCN(CCC)C(=O)C1=Cc2ccc(-c3ccc4c(=O)n(CC(=O)NC)c(C)cc4c3)cc2N=C(N)C1. The van der Waals surface area contributed by atoms with Crippen LogP contribution in [0.3, 0.4) is 0 Å². The topological polar surface area (TPSA) is 110 Å². The van der Waals surface area contributed by atoms with Gasteiger partial charge in [0.2, 0.25) is 11.8 Å². The maximum absolute atomic E-state index is 13.3. The molecule has 0 spiro atoms. The second-order valence-electron chi connectivity index (χ2n) is 9.67. The van der Waals surface area contributed by atoms with Gasteiger partial charge in [-0.3, -0.25) is 14.4 Å². The standard InChI is InChI=1S/C30H35N5O3/c1-5-11-34(12-6-2)29(37)24-15-22-8-7-21(16-26(22)33-27(31)17-24)20-9-10-25-23(14-20)13-19(3)35(30(25)38)18-28(36)32-4/h7-10,13-16H,5-6,11-12,17-18H2,1-4H3,(H2,31,33)(H,32,36). The van der Waals surface area contributed by atoms with E-state index < -0.39 is 0 Å². The highest BCUT2D eigenvalue weighted by molar-refractivity contribution is 6.05. The molecule has 198 valence electrons. The second kappa shape index (κ2) is 11.5. The van der Waals surface area contributed by atoms with E-state index in [0.717, 1.165) is 34.9 Å². The predicted octanol–water partition coefficient (Wildman–Crippen LogP) is 4.15. The Balaban J connectivity index is 1.71. The molecule has 2 amide bonds. The average Bonchev–Trinajstić information content (AvgIpc) is 3.07. The minimum Gasteiger partial charge on any atom is -0.387 e. The molecule has 0 fully saturated rings. The van der Waals surface area contributed by atoms with Gasteiger partial charge in [0.1, 0.15) is 12.4 Å². The Morgan fingerprint density at radius 3 is 2.42 bits per heavy atom. The fourth-order valence-electron chi connectivity index (χ4n) is 4.85. The fourth-order valence-corrected chi connectivity index (χ4v) is 4.85. The molecule has 3 N–H and O–H groups in total. The van der Waals surface area contributed by atoms with Crippen LogP contribution in [0.5, 0.6) is 0 Å². The number of nitrogens with two attached hydrogens (primary N) is 1. The Bertz CT molecular complexity index is 1510. The lowest BCUT2D eigenvalue weighted by atomic mass is 9.98. The number of hydrogen-bond acceptors (Lipinski definition) is 5. The monoisotopic (exact) mass is 513 g/mol. The summed E-state index contributed by atoms with van der Waals surface area (Å²) in [6.45, 7) is 7.37. The third-order valence-electron chi connectivity index (χ3n) is 6.78. The molecule has 0 radical (unpaired) electrons. The van der Waals surface area contributed by atoms with Crippen LogP contribution in [0, 0.1) is 6.92 Å². The molecule has 38 heavy (non-hydrogen) atoms. The number of fused-ring (bicyclic) bond motifs is 2. The molecule has 1 aliphatic heterocycles. The first-order valence-corrected chi connectivity index (χ1v) is 13.1. The number of aliphatic imine (C=N–C) groups is 1. The molecule has 2 aromatic carbocycles. The van der Waals surface area contributed by atoms with Gasteiger partial charge in [-0.05, 0) is 66.6 Å². The highest BCUT2D eigenvalue weighted by atomic mass is 16.2. The van der Waals surface area contributed by atoms with Crippen LogP contribution in [0.15, 0.2) is 57.8 Å².